The lowest BCUT2D eigenvalue weighted by Gasteiger charge is -2.23. The Kier molecular flexibility index (Phi) is 5.16. The number of aromatic nitrogens is 2. The lowest BCUT2D eigenvalue weighted by molar-refractivity contribution is -0.118. The highest BCUT2D eigenvalue weighted by atomic mass is 35.5. The van der Waals surface area contributed by atoms with E-state index in [0.29, 0.717) is 6.54 Å². The molecule has 0 bridgehead atoms. The summed E-state index contributed by atoms with van der Waals surface area (Å²) in [5, 5.41) is 11.0. The zero-order valence-corrected chi connectivity index (χ0v) is 15.3. The average Bonchev–Trinajstić information content (AvgIpc) is 3.17. The van der Waals surface area contributed by atoms with E-state index < -0.39 is 0 Å². The molecule has 1 aromatic carbocycles. The van der Waals surface area contributed by atoms with E-state index in [1.807, 2.05) is 35.9 Å². The fraction of sp³-hybridized carbons (Fsp3) is 0.474. The van der Waals surface area contributed by atoms with E-state index in [0.717, 1.165) is 43.9 Å². The van der Waals surface area contributed by atoms with E-state index in [4.69, 9.17) is 0 Å². The van der Waals surface area contributed by atoms with Gasteiger partial charge in [-0.15, -0.1) is 12.4 Å². The number of nitrogens with one attached hydrogen (secondary N) is 2. The Morgan fingerprint density at radius 2 is 2.04 bits per heavy atom. The van der Waals surface area contributed by atoms with Gasteiger partial charge in [0, 0.05) is 12.0 Å². The molecule has 1 amide bonds. The lowest BCUT2D eigenvalue weighted by Crippen LogP contribution is -2.31. The zero-order chi connectivity index (χ0) is 16.6. The highest BCUT2D eigenvalue weighted by Crippen LogP contribution is 2.58. The van der Waals surface area contributed by atoms with E-state index in [9.17, 15) is 4.79 Å². The number of piperidine rings is 1. The molecule has 2 aliphatic rings. The van der Waals surface area contributed by atoms with Crippen LogP contribution >= 0.6 is 12.4 Å². The van der Waals surface area contributed by atoms with E-state index >= 15 is 0 Å². The van der Waals surface area contributed by atoms with Crippen LogP contribution in [0.15, 0.2) is 36.4 Å². The van der Waals surface area contributed by atoms with Gasteiger partial charge in [0.05, 0.1) is 12.2 Å². The van der Waals surface area contributed by atoms with Crippen molar-refractivity contribution in [2.24, 2.45) is 11.3 Å². The summed E-state index contributed by atoms with van der Waals surface area (Å²) < 4.78 is 1.89. The number of hydrogen-bond acceptors (Lipinski definition) is 3. The van der Waals surface area contributed by atoms with Crippen molar-refractivity contribution >= 4 is 24.1 Å². The predicted octanol–water partition coefficient (Wildman–Crippen LogP) is 2.99. The van der Waals surface area contributed by atoms with Crippen molar-refractivity contribution in [1.82, 2.24) is 15.1 Å². The molecule has 134 valence electrons. The van der Waals surface area contributed by atoms with E-state index in [1.54, 1.807) is 0 Å². The molecule has 4 rings (SSSR count). The molecule has 5 nitrogen and oxygen atoms in total. The largest absolute Gasteiger partial charge is 0.317 e. The van der Waals surface area contributed by atoms with Crippen LogP contribution in [-0.2, 0) is 11.3 Å². The zero-order valence-electron chi connectivity index (χ0n) is 14.5. The third-order valence-corrected chi connectivity index (χ3v) is 5.43. The van der Waals surface area contributed by atoms with Gasteiger partial charge in [-0.05, 0) is 50.3 Å². The number of benzene rings is 1. The number of rotatable bonds is 4. The van der Waals surface area contributed by atoms with Crippen LogP contribution in [0.4, 0.5) is 5.82 Å². The number of nitrogens with zero attached hydrogens (tertiary/aromatic N) is 2. The molecule has 0 radical (unpaired) electrons. The normalized spacial score (nSPS) is 20.8. The van der Waals surface area contributed by atoms with Gasteiger partial charge in [0.1, 0.15) is 5.82 Å². The summed E-state index contributed by atoms with van der Waals surface area (Å²) in [4.78, 5) is 12.7. The molecule has 2 aromatic rings. The third-order valence-electron chi connectivity index (χ3n) is 5.43. The van der Waals surface area contributed by atoms with Gasteiger partial charge in [0.2, 0.25) is 5.91 Å². The fourth-order valence-electron chi connectivity index (χ4n) is 3.93. The summed E-state index contributed by atoms with van der Waals surface area (Å²) in [6.07, 6.45) is 3.27. The van der Waals surface area contributed by atoms with Crippen LogP contribution in [0.3, 0.4) is 0 Å². The minimum Gasteiger partial charge on any atom is -0.317 e. The molecule has 2 N–H and O–H groups in total. The second kappa shape index (κ2) is 7.18. The standard InChI is InChI=1S/C19H24N4O.ClH/c1-14-11-17(23(22-14)13-15-5-3-2-4-6-15)21-18(24)16-12-19(16)7-9-20-10-8-19;/h2-6,11,16,20H,7-10,12-13H2,1H3,(H,21,24);1H. The number of amides is 1. The van der Waals surface area contributed by atoms with Gasteiger partial charge in [0.25, 0.3) is 0 Å². The number of aryl methyl sites for hydroxylation is 1. The van der Waals surface area contributed by atoms with Crippen molar-refractivity contribution < 1.29 is 4.79 Å². The molecular formula is C19H25ClN4O. The van der Waals surface area contributed by atoms with Gasteiger partial charge in [-0.25, -0.2) is 4.68 Å². The number of carbonyl (C=O) groups is 1. The van der Waals surface area contributed by atoms with Gasteiger partial charge in [-0.2, -0.15) is 5.10 Å². The number of hydrogen-bond donors (Lipinski definition) is 2. The predicted molar refractivity (Wildman–Crippen MR) is 101 cm³/mol. The average molecular weight is 361 g/mol. The van der Waals surface area contributed by atoms with E-state index in [-0.39, 0.29) is 29.6 Å². The van der Waals surface area contributed by atoms with Gasteiger partial charge in [0.15, 0.2) is 0 Å². The maximum Gasteiger partial charge on any atom is 0.229 e. The molecule has 1 aromatic heterocycles. The second-order valence-corrected chi connectivity index (χ2v) is 7.17. The molecular weight excluding hydrogens is 336 g/mol. The summed E-state index contributed by atoms with van der Waals surface area (Å²) >= 11 is 0. The number of anilines is 1. The Morgan fingerprint density at radius 3 is 2.76 bits per heavy atom. The Labute approximate surface area is 154 Å². The monoisotopic (exact) mass is 360 g/mol. The summed E-state index contributed by atoms with van der Waals surface area (Å²) in [5.74, 6) is 1.13. The molecule has 25 heavy (non-hydrogen) atoms. The minimum absolute atomic E-state index is 0. The van der Waals surface area contributed by atoms with Crippen molar-refractivity contribution in [3.05, 3.63) is 47.7 Å². The molecule has 2 heterocycles. The highest BCUT2D eigenvalue weighted by molar-refractivity contribution is 5.94. The first-order valence-electron chi connectivity index (χ1n) is 8.76. The molecule has 1 atom stereocenters. The molecule has 1 aliphatic heterocycles. The SMILES string of the molecule is Cc1cc(NC(=O)C2CC23CCNCC3)n(Cc2ccccc2)n1.Cl. The van der Waals surface area contributed by atoms with Crippen LogP contribution in [0.1, 0.15) is 30.5 Å². The molecule has 1 saturated carbocycles. The van der Waals surface area contributed by atoms with Gasteiger partial charge >= 0.3 is 0 Å². The molecule has 2 fully saturated rings. The van der Waals surface area contributed by atoms with Crippen LogP contribution < -0.4 is 10.6 Å². The van der Waals surface area contributed by atoms with Crippen molar-refractivity contribution in [3.8, 4) is 0 Å². The first-order chi connectivity index (χ1) is 11.7. The third kappa shape index (κ3) is 3.72. The molecule has 1 unspecified atom stereocenters. The maximum absolute atomic E-state index is 12.7. The Hall–Kier alpha value is -1.85. The minimum atomic E-state index is 0. The quantitative estimate of drug-likeness (QED) is 0.881. The van der Waals surface area contributed by atoms with E-state index in [2.05, 4.69) is 27.9 Å². The molecule has 6 heteroatoms. The lowest BCUT2D eigenvalue weighted by atomic mass is 9.92. The van der Waals surface area contributed by atoms with Crippen LogP contribution in [0.2, 0.25) is 0 Å². The number of carbonyl (C=O) groups excluding carboxylic acids is 1. The maximum atomic E-state index is 12.7. The van der Waals surface area contributed by atoms with Crippen molar-refractivity contribution in [2.75, 3.05) is 18.4 Å². The summed E-state index contributed by atoms with van der Waals surface area (Å²) in [6, 6.07) is 12.2. The van der Waals surface area contributed by atoms with Crippen LogP contribution in [-0.4, -0.2) is 28.8 Å². The van der Waals surface area contributed by atoms with Gasteiger partial charge in [-0.3, -0.25) is 4.79 Å². The van der Waals surface area contributed by atoms with Crippen molar-refractivity contribution in [2.45, 2.75) is 32.7 Å². The summed E-state index contributed by atoms with van der Waals surface area (Å²) in [5.41, 5.74) is 2.36. The van der Waals surface area contributed by atoms with Crippen LogP contribution in [0.25, 0.3) is 0 Å². The van der Waals surface area contributed by atoms with Crippen molar-refractivity contribution in [3.63, 3.8) is 0 Å². The van der Waals surface area contributed by atoms with Gasteiger partial charge < -0.3 is 10.6 Å². The second-order valence-electron chi connectivity index (χ2n) is 7.17. The van der Waals surface area contributed by atoms with Crippen LogP contribution in [0, 0.1) is 18.3 Å². The first-order valence-corrected chi connectivity index (χ1v) is 8.76. The summed E-state index contributed by atoms with van der Waals surface area (Å²) in [6.45, 7) is 4.70. The number of halogens is 1. The Morgan fingerprint density at radius 1 is 1.32 bits per heavy atom. The fourth-order valence-corrected chi connectivity index (χ4v) is 3.93. The van der Waals surface area contributed by atoms with Crippen LogP contribution in [0.5, 0.6) is 0 Å². The van der Waals surface area contributed by atoms with E-state index in [1.165, 1.54) is 5.56 Å². The molecule has 1 saturated heterocycles. The molecule has 1 spiro atoms. The Bertz CT molecular complexity index is 737. The topological polar surface area (TPSA) is 59.0 Å². The molecule has 1 aliphatic carbocycles. The smallest absolute Gasteiger partial charge is 0.229 e. The van der Waals surface area contributed by atoms with Gasteiger partial charge in [-0.1, -0.05) is 30.3 Å². The Balaban J connectivity index is 0.00000182. The first kappa shape index (κ1) is 18.0. The van der Waals surface area contributed by atoms with Crippen molar-refractivity contribution in [1.29, 1.82) is 0 Å². The summed E-state index contributed by atoms with van der Waals surface area (Å²) in [7, 11) is 0. The highest BCUT2D eigenvalue weighted by Gasteiger charge is 2.57.